The van der Waals surface area contributed by atoms with Crippen LogP contribution in [0.3, 0.4) is 0 Å². The van der Waals surface area contributed by atoms with Crippen LogP contribution in [0, 0.1) is 0 Å². The summed E-state index contributed by atoms with van der Waals surface area (Å²) in [7, 11) is 0. The van der Waals surface area contributed by atoms with Gasteiger partial charge in [-0.3, -0.25) is 0 Å². The third-order valence-electron chi connectivity index (χ3n) is 5.42. The molecule has 0 unspecified atom stereocenters. The topological polar surface area (TPSA) is 38.3 Å². The highest BCUT2D eigenvalue weighted by Gasteiger charge is 2.48. The van der Waals surface area contributed by atoms with Crippen molar-refractivity contribution in [1.29, 1.82) is 0 Å². The number of ether oxygens (including phenoxy) is 1. The predicted molar refractivity (Wildman–Crippen MR) is 132 cm³/mol. The largest absolute Gasteiger partial charge is 0.428 e. The number of rotatable bonds is 6. The molecule has 0 fully saturated rings. The Morgan fingerprint density at radius 3 is 2.13 bits per heavy atom. The molecule has 0 saturated carbocycles. The average molecular weight is 541 g/mol. The molecule has 0 spiro atoms. The molecule has 0 saturated heterocycles. The van der Waals surface area contributed by atoms with E-state index in [1.165, 1.54) is 0 Å². The van der Waals surface area contributed by atoms with Gasteiger partial charge in [0.25, 0.3) is 0 Å². The Bertz CT molecular complexity index is 1070. The molecular formula is C26H23Br2NO2. The Hall–Kier alpha value is -2.37. The van der Waals surface area contributed by atoms with Crippen molar-refractivity contribution in [3.05, 3.63) is 105 Å². The van der Waals surface area contributed by atoms with Crippen LogP contribution in [0.15, 0.2) is 87.8 Å². The molecule has 31 heavy (non-hydrogen) atoms. The number of carbonyl (C=O) groups is 1. The Labute approximate surface area is 199 Å². The second kappa shape index (κ2) is 9.41. The van der Waals surface area contributed by atoms with E-state index in [1.807, 2.05) is 54.6 Å². The molecular weight excluding hydrogens is 518 g/mol. The molecule has 3 aromatic carbocycles. The van der Waals surface area contributed by atoms with Crippen LogP contribution >= 0.6 is 31.9 Å². The predicted octanol–water partition coefficient (Wildman–Crippen LogP) is 7.57. The number of alkyl carbamates (subject to hydrolysis) is 1. The van der Waals surface area contributed by atoms with Crippen LogP contribution in [0.25, 0.3) is 11.1 Å². The minimum absolute atomic E-state index is 0.432. The van der Waals surface area contributed by atoms with Crippen LogP contribution in [0.1, 0.15) is 36.5 Å². The molecule has 0 aromatic heterocycles. The van der Waals surface area contributed by atoms with Crippen LogP contribution < -0.4 is 5.32 Å². The number of amides is 1. The highest BCUT2D eigenvalue weighted by Crippen LogP contribution is 2.54. The van der Waals surface area contributed by atoms with Gasteiger partial charge in [0, 0.05) is 32.2 Å². The zero-order valence-electron chi connectivity index (χ0n) is 17.2. The maximum Gasteiger partial charge on any atom is 0.408 e. The molecule has 5 heteroatoms. The van der Waals surface area contributed by atoms with Gasteiger partial charge in [0.2, 0.25) is 0 Å². The van der Waals surface area contributed by atoms with E-state index in [9.17, 15) is 4.79 Å². The standard InChI is InChI=1S/C26H23Br2NO2/c1-2-3-4-8-15-29-25(30)31-26(18-9-6-5-7-10-18)23-13-11-19(27)16-21(23)22-17-20(28)12-14-24(22)26/h3-7,9-14,16-17H,2,8,15H2,1H3,(H,29,30). The van der Waals surface area contributed by atoms with E-state index in [-0.39, 0.29) is 0 Å². The number of allylic oxidation sites excluding steroid dienone is 1. The lowest BCUT2D eigenvalue weighted by molar-refractivity contribution is 0.0698. The minimum atomic E-state index is -1.02. The van der Waals surface area contributed by atoms with Gasteiger partial charge in [-0.1, -0.05) is 93.4 Å². The van der Waals surface area contributed by atoms with Crippen LogP contribution in [-0.4, -0.2) is 12.6 Å². The highest BCUT2D eigenvalue weighted by molar-refractivity contribution is 9.10. The summed E-state index contributed by atoms with van der Waals surface area (Å²) >= 11 is 7.19. The smallest absolute Gasteiger partial charge is 0.408 e. The summed E-state index contributed by atoms with van der Waals surface area (Å²) in [6.07, 6.45) is 5.49. The summed E-state index contributed by atoms with van der Waals surface area (Å²) in [6, 6.07) is 22.2. The van der Waals surface area contributed by atoms with Gasteiger partial charge in [-0.2, -0.15) is 0 Å². The van der Waals surface area contributed by atoms with Gasteiger partial charge in [-0.15, -0.1) is 0 Å². The molecule has 3 nitrogen and oxygen atoms in total. The first-order valence-corrected chi connectivity index (χ1v) is 11.9. The zero-order chi connectivity index (χ0) is 21.8. The first kappa shape index (κ1) is 21.8. The number of hydrogen-bond acceptors (Lipinski definition) is 2. The summed E-state index contributed by atoms with van der Waals surface area (Å²) in [4.78, 5) is 13.0. The van der Waals surface area contributed by atoms with E-state index in [0.717, 1.165) is 49.6 Å². The first-order valence-electron chi connectivity index (χ1n) is 10.3. The van der Waals surface area contributed by atoms with E-state index < -0.39 is 11.7 Å². The summed E-state index contributed by atoms with van der Waals surface area (Å²) < 4.78 is 8.28. The molecule has 0 radical (unpaired) electrons. The Balaban J connectivity index is 1.81. The summed E-state index contributed by atoms with van der Waals surface area (Å²) in [5.41, 5.74) is 3.91. The quantitative estimate of drug-likeness (QED) is 0.258. The lowest BCUT2D eigenvalue weighted by Crippen LogP contribution is -2.38. The molecule has 0 aliphatic heterocycles. The maximum absolute atomic E-state index is 13.0. The minimum Gasteiger partial charge on any atom is -0.428 e. The molecule has 1 aliphatic rings. The molecule has 4 rings (SSSR count). The van der Waals surface area contributed by atoms with Crippen LogP contribution in [0.4, 0.5) is 4.79 Å². The second-order valence-electron chi connectivity index (χ2n) is 7.41. The monoisotopic (exact) mass is 539 g/mol. The Kier molecular flexibility index (Phi) is 6.63. The molecule has 0 bridgehead atoms. The van der Waals surface area contributed by atoms with Gasteiger partial charge >= 0.3 is 6.09 Å². The summed E-state index contributed by atoms with van der Waals surface area (Å²) in [6.45, 7) is 2.62. The second-order valence-corrected chi connectivity index (χ2v) is 9.24. The Morgan fingerprint density at radius 2 is 1.55 bits per heavy atom. The van der Waals surface area contributed by atoms with Crippen LogP contribution in [0.2, 0.25) is 0 Å². The van der Waals surface area contributed by atoms with Crippen molar-refractivity contribution in [2.75, 3.05) is 6.54 Å². The van der Waals surface area contributed by atoms with Crippen molar-refractivity contribution in [2.45, 2.75) is 25.4 Å². The molecule has 1 N–H and O–H groups in total. The first-order chi connectivity index (χ1) is 15.1. The fraction of sp³-hybridized carbons (Fsp3) is 0.192. The van der Waals surface area contributed by atoms with Gasteiger partial charge in [-0.25, -0.2) is 4.79 Å². The van der Waals surface area contributed by atoms with E-state index in [2.05, 4.69) is 68.4 Å². The van der Waals surface area contributed by atoms with Crippen LogP contribution in [-0.2, 0) is 10.3 Å². The number of hydrogen-bond donors (Lipinski definition) is 1. The Morgan fingerprint density at radius 1 is 0.935 bits per heavy atom. The van der Waals surface area contributed by atoms with E-state index >= 15 is 0 Å². The van der Waals surface area contributed by atoms with Gasteiger partial charge in [0.05, 0.1) is 0 Å². The third-order valence-corrected chi connectivity index (χ3v) is 6.41. The average Bonchev–Trinajstić information content (AvgIpc) is 3.03. The zero-order valence-corrected chi connectivity index (χ0v) is 20.4. The molecule has 158 valence electrons. The number of benzene rings is 3. The number of halogens is 2. The normalized spacial score (nSPS) is 13.6. The van der Waals surface area contributed by atoms with Gasteiger partial charge < -0.3 is 10.1 Å². The SMILES string of the molecule is CCC=CCCNC(=O)OC1(c2ccccc2)c2ccc(Br)cc2-c2cc(Br)ccc21. The lowest BCUT2D eigenvalue weighted by atomic mass is 9.84. The fourth-order valence-corrected chi connectivity index (χ4v) is 4.83. The van der Waals surface area contributed by atoms with Crippen molar-refractivity contribution in [3.8, 4) is 11.1 Å². The van der Waals surface area contributed by atoms with Gasteiger partial charge in [0.1, 0.15) is 0 Å². The number of fused-ring (bicyclic) bond motifs is 3. The molecule has 0 heterocycles. The number of nitrogens with one attached hydrogen (secondary N) is 1. The van der Waals surface area contributed by atoms with Gasteiger partial charge in [0.15, 0.2) is 5.60 Å². The van der Waals surface area contributed by atoms with Crippen molar-refractivity contribution < 1.29 is 9.53 Å². The maximum atomic E-state index is 13.0. The van der Waals surface area contributed by atoms with E-state index in [1.54, 1.807) is 0 Å². The van der Waals surface area contributed by atoms with Crippen LogP contribution in [0.5, 0.6) is 0 Å². The molecule has 0 atom stereocenters. The van der Waals surface area contributed by atoms with Gasteiger partial charge in [-0.05, 0) is 48.2 Å². The van der Waals surface area contributed by atoms with Crippen molar-refractivity contribution in [3.63, 3.8) is 0 Å². The fourth-order valence-electron chi connectivity index (χ4n) is 4.11. The molecule has 1 aliphatic carbocycles. The third kappa shape index (κ3) is 4.21. The molecule has 3 aromatic rings. The summed E-state index contributed by atoms with van der Waals surface area (Å²) in [5.74, 6) is 0. The molecule has 1 amide bonds. The lowest BCUT2D eigenvalue weighted by Gasteiger charge is -2.32. The number of carbonyl (C=O) groups excluding carboxylic acids is 1. The van der Waals surface area contributed by atoms with Crippen molar-refractivity contribution in [1.82, 2.24) is 5.32 Å². The van der Waals surface area contributed by atoms with E-state index in [4.69, 9.17) is 4.74 Å². The van der Waals surface area contributed by atoms with Crippen molar-refractivity contribution in [2.24, 2.45) is 0 Å². The highest BCUT2D eigenvalue weighted by atomic mass is 79.9. The van der Waals surface area contributed by atoms with E-state index in [0.29, 0.717) is 6.54 Å². The summed E-state index contributed by atoms with van der Waals surface area (Å²) in [5, 5.41) is 2.92. The van der Waals surface area contributed by atoms with Crippen molar-refractivity contribution >= 4 is 38.0 Å².